The predicted molar refractivity (Wildman–Crippen MR) is 71.8 cm³/mol. The highest BCUT2D eigenvalue weighted by molar-refractivity contribution is 7.53. The fourth-order valence-electron chi connectivity index (χ4n) is 3.43. The summed E-state index contributed by atoms with van der Waals surface area (Å²) in [4.78, 5) is 35.5. The second-order valence-electron chi connectivity index (χ2n) is 5.69. The van der Waals surface area contributed by atoms with E-state index in [1.807, 2.05) is 0 Å². The molecule has 2 aliphatic heterocycles. The minimum atomic E-state index is -4.54. The monoisotopic (exact) mass is 332 g/mol. The summed E-state index contributed by atoms with van der Waals surface area (Å²) in [5.74, 6) is -2.60. The third kappa shape index (κ3) is 2.55. The van der Waals surface area contributed by atoms with Gasteiger partial charge in [0.15, 0.2) is 0 Å². The fourth-order valence-corrected chi connectivity index (χ4v) is 4.34. The Hall–Kier alpha value is -1.37. The number of hydrogen-bond donors (Lipinski definition) is 2. The van der Waals surface area contributed by atoms with E-state index < -0.39 is 37.1 Å². The van der Waals surface area contributed by atoms with Gasteiger partial charge in [-0.05, 0) is 37.8 Å². The highest BCUT2D eigenvalue weighted by Gasteiger charge is 2.49. The summed E-state index contributed by atoms with van der Waals surface area (Å²) in [5.41, 5.74) is -1.29. The van der Waals surface area contributed by atoms with Crippen molar-refractivity contribution in [1.82, 2.24) is 9.88 Å². The van der Waals surface area contributed by atoms with E-state index in [4.69, 9.17) is 0 Å². The summed E-state index contributed by atoms with van der Waals surface area (Å²) in [6.45, 7) is 0. The third-order valence-electron chi connectivity index (χ3n) is 4.42. The molecule has 0 aliphatic carbocycles. The molecule has 3 atom stereocenters. The molecule has 120 valence electrons. The molecule has 2 fully saturated rings. The number of pyridine rings is 1. The van der Waals surface area contributed by atoms with Gasteiger partial charge < -0.3 is 14.7 Å². The van der Waals surface area contributed by atoms with Crippen LogP contribution >= 0.6 is 7.60 Å². The topological polar surface area (TPSA) is 90.7 Å². The quantitative estimate of drug-likeness (QED) is 0.636. The number of amides is 1. The number of halogens is 2. The van der Waals surface area contributed by atoms with Crippen LogP contribution in [0.15, 0.2) is 12.1 Å². The summed E-state index contributed by atoms with van der Waals surface area (Å²) >= 11 is 0. The summed E-state index contributed by atoms with van der Waals surface area (Å²) < 4.78 is 38.3. The van der Waals surface area contributed by atoms with Crippen LogP contribution in [-0.2, 0) is 9.36 Å². The number of carbonyl (C=O) groups is 1. The van der Waals surface area contributed by atoms with Crippen molar-refractivity contribution in [2.75, 3.05) is 0 Å². The fraction of sp³-hybridized carbons (Fsp3) is 0.538. The molecular weight excluding hydrogens is 317 g/mol. The van der Waals surface area contributed by atoms with Gasteiger partial charge in [-0.2, -0.15) is 13.8 Å². The van der Waals surface area contributed by atoms with Gasteiger partial charge in [0.05, 0.1) is 6.04 Å². The Morgan fingerprint density at radius 3 is 2.50 bits per heavy atom. The van der Waals surface area contributed by atoms with E-state index in [2.05, 4.69) is 4.98 Å². The van der Waals surface area contributed by atoms with E-state index in [0.29, 0.717) is 19.3 Å². The zero-order valence-electron chi connectivity index (χ0n) is 11.5. The maximum Gasteiger partial charge on any atom is 0.337 e. The lowest BCUT2D eigenvalue weighted by molar-refractivity contribution is -0.136. The van der Waals surface area contributed by atoms with Crippen molar-refractivity contribution in [3.63, 3.8) is 0 Å². The highest BCUT2D eigenvalue weighted by Crippen LogP contribution is 2.51. The van der Waals surface area contributed by atoms with Gasteiger partial charge in [0, 0.05) is 11.6 Å². The van der Waals surface area contributed by atoms with E-state index >= 15 is 0 Å². The van der Waals surface area contributed by atoms with E-state index in [1.54, 1.807) is 0 Å². The number of piperidine rings is 1. The summed E-state index contributed by atoms with van der Waals surface area (Å²) in [6, 6.07) is 1.43. The van der Waals surface area contributed by atoms with Crippen LogP contribution in [0.2, 0.25) is 0 Å². The van der Waals surface area contributed by atoms with Gasteiger partial charge in [-0.15, -0.1) is 0 Å². The molecule has 0 aromatic carbocycles. The lowest BCUT2D eigenvalue weighted by Gasteiger charge is -2.38. The number of nitrogens with zero attached hydrogens (tertiary/aromatic N) is 2. The SMILES string of the molecule is O=C1C(P(=O)(O)O)CC[C@@H]2CC[C@@H](c3ccc(F)nc3F)N12. The van der Waals surface area contributed by atoms with Crippen LogP contribution in [0.5, 0.6) is 0 Å². The molecule has 3 heterocycles. The zero-order chi connectivity index (χ0) is 16.1. The van der Waals surface area contributed by atoms with Crippen LogP contribution in [0.1, 0.15) is 37.3 Å². The molecule has 6 nitrogen and oxygen atoms in total. The zero-order valence-corrected chi connectivity index (χ0v) is 12.4. The van der Waals surface area contributed by atoms with Gasteiger partial charge in [-0.25, -0.2) is 0 Å². The summed E-state index contributed by atoms with van der Waals surface area (Å²) in [7, 11) is -4.54. The molecule has 2 saturated heterocycles. The number of fused-ring (bicyclic) bond motifs is 1. The first-order valence-corrected chi connectivity index (χ1v) is 8.66. The minimum Gasteiger partial charge on any atom is -0.332 e. The molecule has 0 bridgehead atoms. The highest BCUT2D eigenvalue weighted by atomic mass is 31.2. The van der Waals surface area contributed by atoms with E-state index in [0.717, 1.165) is 6.07 Å². The molecule has 2 N–H and O–H groups in total. The first-order valence-electron chi connectivity index (χ1n) is 6.98. The van der Waals surface area contributed by atoms with Crippen LogP contribution < -0.4 is 0 Å². The molecule has 1 amide bonds. The van der Waals surface area contributed by atoms with Crippen molar-refractivity contribution in [2.24, 2.45) is 0 Å². The average Bonchev–Trinajstić information content (AvgIpc) is 2.82. The van der Waals surface area contributed by atoms with Crippen molar-refractivity contribution in [1.29, 1.82) is 0 Å². The number of aromatic nitrogens is 1. The molecule has 0 spiro atoms. The van der Waals surface area contributed by atoms with Crippen LogP contribution in [0.4, 0.5) is 8.78 Å². The van der Waals surface area contributed by atoms with Crippen molar-refractivity contribution in [2.45, 2.75) is 43.4 Å². The average molecular weight is 332 g/mol. The van der Waals surface area contributed by atoms with Crippen LogP contribution in [0, 0.1) is 11.9 Å². The van der Waals surface area contributed by atoms with Gasteiger partial charge in [0.2, 0.25) is 17.8 Å². The first kappa shape index (κ1) is 15.5. The van der Waals surface area contributed by atoms with Gasteiger partial charge in [0.1, 0.15) is 5.66 Å². The molecule has 0 saturated carbocycles. The Morgan fingerprint density at radius 2 is 1.86 bits per heavy atom. The molecule has 1 aromatic heterocycles. The van der Waals surface area contributed by atoms with Gasteiger partial charge >= 0.3 is 7.60 Å². The van der Waals surface area contributed by atoms with Crippen molar-refractivity contribution >= 4 is 13.5 Å². The Bertz CT molecular complexity index is 665. The maximum absolute atomic E-state index is 13.9. The molecular formula is C13H15F2N2O4P. The molecule has 1 unspecified atom stereocenters. The lowest BCUT2D eigenvalue weighted by atomic mass is 10.0. The Morgan fingerprint density at radius 1 is 1.18 bits per heavy atom. The van der Waals surface area contributed by atoms with Crippen molar-refractivity contribution < 1.29 is 27.9 Å². The van der Waals surface area contributed by atoms with Gasteiger partial charge in [0.25, 0.3) is 0 Å². The van der Waals surface area contributed by atoms with E-state index in [9.17, 15) is 27.9 Å². The van der Waals surface area contributed by atoms with Crippen LogP contribution in [-0.4, -0.2) is 37.3 Å². The standard InChI is InChI=1S/C13H15F2N2O4P/c14-11-6-3-8(12(15)16-11)9-4-1-7-2-5-10(22(19,20)21)13(18)17(7)9/h3,6-7,9-10H,1-2,4-5H2,(H2,19,20,21)/t7-,9-,10?/m0/s1. The molecule has 1 aromatic rings. The Balaban J connectivity index is 1.95. The third-order valence-corrected chi connectivity index (χ3v) is 5.72. The predicted octanol–water partition coefficient (Wildman–Crippen LogP) is 1.73. The first-order chi connectivity index (χ1) is 10.3. The molecule has 2 aliphatic rings. The van der Waals surface area contributed by atoms with Crippen molar-refractivity contribution in [3.05, 3.63) is 29.6 Å². The Labute approximate surface area is 125 Å². The smallest absolute Gasteiger partial charge is 0.332 e. The largest absolute Gasteiger partial charge is 0.337 e. The Kier molecular flexibility index (Phi) is 3.79. The number of rotatable bonds is 2. The van der Waals surface area contributed by atoms with Gasteiger partial charge in [-0.1, -0.05) is 0 Å². The summed E-state index contributed by atoms with van der Waals surface area (Å²) in [6.07, 6.45) is 1.69. The second kappa shape index (κ2) is 5.37. The van der Waals surface area contributed by atoms with Gasteiger partial charge in [-0.3, -0.25) is 9.36 Å². The van der Waals surface area contributed by atoms with E-state index in [1.165, 1.54) is 11.0 Å². The van der Waals surface area contributed by atoms with Crippen LogP contribution in [0.3, 0.4) is 0 Å². The van der Waals surface area contributed by atoms with Crippen LogP contribution in [0.25, 0.3) is 0 Å². The minimum absolute atomic E-state index is 0.0867. The van der Waals surface area contributed by atoms with E-state index in [-0.39, 0.29) is 18.0 Å². The molecule has 3 rings (SSSR count). The lowest BCUT2D eigenvalue weighted by Crippen LogP contribution is -2.47. The normalized spacial score (nSPS) is 28.8. The second-order valence-corrected chi connectivity index (χ2v) is 7.49. The van der Waals surface area contributed by atoms with Crippen molar-refractivity contribution in [3.8, 4) is 0 Å². The maximum atomic E-state index is 13.9. The molecule has 22 heavy (non-hydrogen) atoms. The summed E-state index contributed by atoms with van der Waals surface area (Å²) in [5, 5.41) is 0. The molecule has 9 heteroatoms. The number of carbonyl (C=O) groups excluding carboxylic acids is 1. The number of hydrogen-bond acceptors (Lipinski definition) is 3. The molecule has 0 radical (unpaired) electrons.